The molecule has 0 bridgehead atoms. The van der Waals surface area contributed by atoms with Crippen LogP contribution in [-0.2, 0) is 6.54 Å². The summed E-state index contributed by atoms with van der Waals surface area (Å²) in [5.74, 6) is 1.82. The van der Waals surface area contributed by atoms with Crippen LogP contribution in [0.2, 0.25) is 0 Å². The Balaban J connectivity index is 2.02. The third kappa shape index (κ3) is 4.96. The molecule has 0 spiro atoms. The second kappa shape index (κ2) is 7.91. The maximum atomic E-state index is 5.32. The molecule has 0 atom stereocenters. The molecule has 0 saturated heterocycles. The zero-order chi connectivity index (χ0) is 15.1. The Labute approximate surface area is 128 Å². The molecule has 1 saturated carbocycles. The Morgan fingerprint density at radius 2 is 2.05 bits per heavy atom. The molecule has 1 aliphatic rings. The first-order valence-corrected chi connectivity index (χ1v) is 7.90. The number of ether oxygens (including phenoxy) is 1. The molecular weight excluding hydrogens is 262 g/mol. The van der Waals surface area contributed by atoms with Crippen LogP contribution in [0.5, 0.6) is 5.75 Å². The van der Waals surface area contributed by atoms with E-state index in [4.69, 9.17) is 9.73 Å². The molecule has 1 fully saturated rings. The van der Waals surface area contributed by atoms with Crippen LogP contribution < -0.4 is 15.4 Å². The van der Waals surface area contributed by atoms with Crippen molar-refractivity contribution in [2.75, 3.05) is 13.7 Å². The van der Waals surface area contributed by atoms with E-state index in [0.717, 1.165) is 18.3 Å². The first-order chi connectivity index (χ1) is 10.2. The molecule has 0 aromatic heterocycles. The van der Waals surface area contributed by atoms with Crippen molar-refractivity contribution in [3.63, 3.8) is 0 Å². The van der Waals surface area contributed by atoms with Gasteiger partial charge in [-0.15, -0.1) is 0 Å². The summed E-state index contributed by atoms with van der Waals surface area (Å²) >= 11 is 0. The lowest BCUT2D eigenvalue weighted by molar-refractivity contribution is 0.414. The van der Waals surface area contributed by atoms with Crippen molar-refractivity contribution >= 4 is 5.96 Å². The summed E-state index contributed by atoms with van der Waals surface area (Å²) in [6.45, 7) is 5.73. The maximum absolute atomic E-state index is 5.32. The van der Waals surface area contributed by atoms with Gasteiger partial charge in [-0.05, 0) is 49.9 Å². The molecule has 0 unspecified atom stereocenters. The van der Waals surface area contributed by atoms with Crippen LogP contribution in [0.1, 0.15) is 43.7 Å². The summed E-state index contributed by atoms with van der Waals surface area (Å²) in [5.41, 5.74) is 2.38. The Morgan fingerprint density at radius 3 is 2.71 bits per heavy atom. The van der Waals surface area contributed by atoms with Crippen molar-refractivity contribution in [3.8, 4) is 5.75 Å². The second-order valence-electron chi connectivity index (χ2n) is 5.68. The summed E-state index contributed by atoms with van der Waals surface area (Å²) in [4.78, 5) is 4.70. The highest BCUT2D eigenvalue weighted by molar-refractivity contribution is 5.80. The number of nitrogens with one attached hydrogen (secondary N) is 2. The second-order valence-corrected chi connectivity index (χ2v) is 5.68. The molecule has 116 valence electrons. The molecule has 1 aliphatic carbocycles. The quantitative estimate of drug-likeness (QED) is 0.647. The molecular formula is C17H27N3O. The lowest BCUT2D eigenvalue weighted by atomic mass is 10.1. The minimum atomic E-state index is 0.579. The first kappa shape index (κ1) is 15.7. The van der Waals surface area contributed by atoms with Crippen LogP contribution in [0.4, 0.5) is 0 Å². The van der Waals surface area contributed by atoms with Gasteiger partial charge in [0, 0.05) is 12.6 Å². The molecule has 0 heterocycles. The highest BCUT2D eigenvalue weighted by Crippen LogP contribution is 2.18. The molecule has 4 heteroatoms. The average molecular weight is 289 g/mol. The molecule has 1 aromatic carbocycles. The fourth-order valence-electron chi connectivity index (χ4n) is 2.79. The van der Waals surface area contributed by atoms with Gasteiger partial charge >= 0.3 is 0 Å². The van der Waals surface area contributed by atoms with Gasteiger partial charge in [0.1, 0.15) is 5.75 Å². The fourth-order valence-corrected chi connectivity index (χ4v) is 2.79. The van der Waals surface area contributed by atoms with Gasteiger partial charge in [-0.3, -0.25) is 0 Å². The van der Waals surface area contributed by atoms with Crippen LogP contribution in [0.25, 0.3) is 0 Å². The molecule has 0 aliphatic heterocycles. The van der Waals surface area contributed by atoms with Crippen LogP contribution in [0.3, 0.4) is 0 Å². The highest BCUT2D eigenvalue weighted by atomic mass is 16.5. The van der Waals surface area contributed by atoms with E-state index in [9.17, 15) is 0 Å². The third-order valence-corrected chi connectivity index (χ3v) is 3.81. The maximum Gasteiger partial charge on any atom is 0.191 e. The average Bonchev–Trinajstić information content (AvgIpc) is 2.97. The van der Waals surface area contributed by atoms with E-state index in [-0.39, 0.29) is 0 Å². The molecule has 2 rings (SSSR count). The van der Waals surface area contributed by atoms with Gasteiger partial charge in [0.25, 0.3) is 0 Å². The molecule has 21 heavy (non-hydrogen) atoms. The summed E-state index contributed by atoms with van der Waals surface area (Å²) in [5, 5.41) is 6.87. The molecule has 4 nitrogen and oxygen atoms in total. The number of hydrogen-bond donors (Lipinski definition) is 2. The SMILES string of the molecule is CCNC(=NCc1cc(C)cc(OC)c1)NC1CCCC1. The molecule has 0 amide bonds. The van der Waals surface area contributed by atoms with E-state index in [1.807, 2.05) is 6.07 Å². The van der Waals surface area contributed by atoms with Crippen molar-refractivity contribution in [2.24, 2.45) is 4.99 Å². The third-order valence-electron chi connectivity index (χ3n) is 3.81. The summed E-state index contributed by atoms with van der Waals surface area (Å²) < 4.78 is 5.32. The van der Waals surface area contributed by atoms with Gasteiger partial charge < -0.3 is 15.4 Å². The lowest BCUT2D eigenvalue weighted by Crippen LogP contribution is -2.42. The van der Waals surface area contributed by atoms with Gasteiger partial charge in [-0.1, -0.05) is 18.9 Å². The van der Waals surface area contributed by atoms with Gasteiger partial charge in [-0.25, -0.2) is 4.99 Å². The lowest BCUT2D eigenvalue weighted by Gasteiger charge is -2.16. The van der Waals surface area contributed by atoms with Gasteiger partial charge in [0.15, 0.2) is 5.96 Å². The molecule has 2 N–H and O–H groups in total. The van der Waals surface area contributed by atoms with Gasteiger partial charge in [-0.2, -0.15) is 0 Å². The molecule has 0 radical (unpaired) electrons. The number of nitrogens with zero attached hydrogens (tertiary/aromatic N) is 1. The normalized spacial score (nSPS) is 16.0. The number of guanidine groups is 1. The minimum absolute atomic E-state index is 0.579. The number of benzene rings is 1. The zero-order valence-corrected chi connectivity index (χ0v) is 13.4. The Hall–Kier alpha value is -1.71. The Bertz CT molecular complexity index is 479. The fraction of sp³-hybridized carbons (Fsp3) is 0.588. The summed E-state index contributed by atoms with van der Waals surface area (Å²) in [6, 6.07) is 6.82. The number of aryl methyl sites for hydroxylation is 1. The van der Waals surface area contributed by atoms with Crippen LogP contribution >= 0.6 is 0 Å². The van der Waals surface area contributed by atoms with Crippen molar-refractivity contribution in [2.45, 2.75) is 52.1 Å². The molecule has 1 aromatic rings. The van der Waals surface area contributed by atoms with Crippen molar-refractivity contribution in [1.82, 2.24) is 10.6 Å². The topological polar surface area (TPSA) is 45.7 Å². The number of rotatable bonds is 5. The Morgan fingerprint density at radius 1 is 1.29 bits per heavy atom. The van der Waals surface area contributed by atoms with Crippen LogP contribution in [0, 0.1) is 6.92 Å². The van der Waals surface area contributed by atoms with E-state index < -0.39 is 0 Å². The van der Waals surface area contributed by atoms with Gasteiger partial charge in [0.05, 0.1) is 13.7 Å². The van der Waals surface area contributed by atoms with E-state index >= 15 is 0 Å². The van der Waals surface area contributed by atoms with E-state index in [1.54, 1.807) is 7.11 Å². The standard InChI is InChI=1S/C17H27N3O/c1-4-18-17(20-15-7-5-6-8-15)19-12-14-9-13(2)10-16(11-14)21-3/h9-11,15H,4-8,12H2,1-3H3,(H2,18,19,20). The zero-order valence-electron chi connectivity index (χ0n) is 13.4. The van der Waals surface area contributed by atoms with Crippen molar-refractivity contribution < 1.29 is 4.74 Å². The Kier molecular flexibility index (Phi) is 5.90. The van der Waals surface area contributed by atoms with E-state index in [2.05, 4.69) is 36.6 Å². The van der Waals surface area contributed by atoms with Crippen molar-refractivity contribution in [1.29, 1.82) is 0 Å². The van der Waals surface area contributed by atoms with Gasteiger partial charge in [0.2, 0.25) is 0 Å². The predicted molar refractivity (Wildman–Crippen MR) is 87.9 cm³/mol. The van der Waals surface area contributed by atoms with Crippen molar-refractivity contribution in [3.05, 3.63) is 29.3 Å². The minimum Gasteiger partial charge on any atom is -0.497 e. The van der Waals surface area contributed by atoms with E-state index in [0.29, 0.717) is 12.6 Å². The van der Waals surface area contributed by atoms with Crippen LogP contribution in [0.15, 0.2) is 23.2 Å². The number of methoxy groups -OCH3 is 1. The monoisotopic (exact) mass is 289 g/mol. The van der Waals surface area contributed by atoms with E-state index in [1.165, 1.54) is 36.8 Å². The van der Waals surface area contributed by atoms with Crippen LogP contribution in [-0.4, -0.2) is 25.7 Å². The largest absolute Gasteiger partial charge is 0.497 e. The number of hydrogen-bond acceptors (Lipinski definition) is 2. The number of aliphatic imine (C=N–C) groups is 1. The smallest absolute Gasteiger partial charge is 0.191 e. The summed E-state index contributed by atoms with van der Waals surface area (Å²) in [7, 11) is 1.70. The highest BCUT2D eigenvalue weighted by Gasteiger charge is 2.15. The predicted octanol–water partition coefficient (Wildman–Crippen LogP) is 3.00. The summed E-state index contributed by atoms with van der Waals surface area (Å²) in [6.07, 6.45) is 5.16. The first-order valence-electron chi connectivity index (χ1n) is 7.90.